The Labute approximate surface area is 92.1 Å². The molecule has 0 aromatic rings. The third kappa shape index (κ3) is 3.85. The first-order valence-electron chi connectivity index (χ1n) is 5.54. The molecule has 0 saturated heterocycles. The molecule has 3 heteroatoms. The van der Waals surface area contributed by atoms with Gasteiger partial charge in [-0.25, -0.2) is 0 Å². The van der Waals surface area contributed by atoms with E-state index in [9.17, 15) is 0 Å². The van der Waals surface area contributed by atoms with Crippen LogP contribution in [-0.4, -0.2) is 37.3 Å². The highest BCUT2D eigenvalue weighted by molar-refractivity contribution is 5.61. The zero-order valence-corrected chi connectivity index (χ0v) is 9.56. The van der Waals surface area contributed by atoms with Gasteiger partial charge in [0.2, 0.25) is 0 Å². The first kappa shape index (κ1) is 11.9. The number of dihydropyridines is 1. The summed E-state index contributed by atoms with van der Waals surface area (Å²) in [6.45, 7) is 4.12. The number of hydrogen-bond donors (Lipinski definition) is 0. The summed E-state index contributed by atoms with van der Waals surface area (Å²) in [5, 5.41) is 9.09. The maximum Gasteiger partial charge on any atom is 0.0834 e. The Bertz CT molecular complexity index is 263. The Balaban J connectivity index is 2.42. The fourth-order valence-corrected chi connectivity index (χ4v) is 1.58. The van der Waals surface area contributed by atoms with Crippen molar-refractivity contribution in [3.05, 3.63) is 12.2 Å². The third-order valence-electron chi connectivity index (χ3n) is 2.79. The fourth-order valence-electron chi connectivity index (χ4n) is 1.58. The van der Waals surface area contributed by atoms with Crippen LogP contribution in [-0.2, 0) is 0 Å². The molecule has 82 valence electrons. The minimum atomic E-state index is 0.0202. The van der Waals surface area contributed by atoms with E-state index in [0.29, 0.717) is 0 Å². The first-order valence-corrected chi connectivity index (χ1v) is 5.54. The lowest BCUT2D eigenvalue weighted by Crippen LogP contribution is -2.25. The van der Waals surface area contributed by atoms with Gasteiger partial charge in [0.05, 0.1) is 18.0 Å². The maximum atomic E-state index is 9.09. The molecule has 1 heterocycles. The van der Waals surface area contributed by atoms with Crippen molar-refractivity contribution >= 4 is 6.21 Å². The molecule has 0 aliphatic carbocycles. The summed E-state index contributed by atoms with van der Waals surface area (Å²) in [5.74, 6) is 0.0202. The van der Waals surface area contributed by atoms with Crippen LogP contribution in [0.15, 0.2) is 17.1 Å². The second-order valence-corrected chi connectivity index (χ2v) is 3.91. The molecule has 0 aromatic carbocycles. The second-order valence-electron chi connectivity index (χ2n) is 3.91. The van der Waals surface area contributed by atoms with Crippen LogP contribution in [0.2, 0.25) is 0 Å². The number of allylic oxidation sites excluding steroid dienone is 1. The minimum absolute atomic E-state index is 0.0202. The van der Waals surface area contributed by atoms with Gasteiger partial charge in [-0.05, 0) is 26.6 Å². The number of hydrogen-bond acceptors (Lipinski definition) is 3. The van der Waals surface area contributed by atoms with Crippen molar-refractivity contribution in [2.75, 3.05) is 20.1 Å². The van der Waals surface area contributed by atoms with Gasteiger partial charge in [0.25, 0.3) is 0 Å². The molecule has 0 radical (unpaired) electrons. The summed E-state index contributed by atoms with van der Waals surface area (Å²) < 4.78 is 0. The highest BCUT2D eigenvalue weighted by Gasteiger charge is 2.18. The first-order chi connectivity index (χ1) is 7.27. The lowest BCUT2D eigenvalue weighted by molar-refractivity contribution is 0.324. The van der Waals surface area contributed by atoms with E-state index in [1.54, 1.807) is 0 Å². The Morgan fingerprint density at radius 2 is 2.47 bits per heavy atom. The summed E-state index contributed by atoms with van der Waals surface area (Å²) in [6, 6.07) is 2.44. The Morgan fingerprint density at radius 3 is 3.00 bits per heavy atom. The fraction of sp³-hybridized carbons (Fsp3) is 0.667. The standard InChI is InChI=1S/C12H19N3/c1-3-15(2)9-7-11(10-13)12-6-4-5-8-14-12/h4,6,8,11-12H,3,5,7,9H2,1-2H3. The molecule has 0 bridgehead atoms. The number of rotatable bonds is 5. The van der Waals surface area contributed by atoms with Crippen LogP contribution in [0.25, 0.3) is 0 Å². The van der Waals surface area contributed by atoms with Gasteiger partial charge < -0.3 is 4.90 Å². The van der Waals surface area contributed by atoms with Crippen molar-refractivity contribution in [2.24, 2.45) is 10.9 Å². The number of aliphatic imine (C=N–C) groups is 1. The van der Waals surface area contributed by atoms with Crippen LogP contribution in [0.4, 0.5) is 0 Å². The largest absolute Gasteiger partial charge is 0.307 e. The zero-order valence-electron chi connectivity index (χ0n) is 9.56. The molecule has 0 N–H and O–H groups in total. The van der Waals surface area contributed by atoms with Gasteiger partial charge >= 0.3 is 0 Å². The molecular weight excluding hydrogens is 186 g/mol. The predicted molar refractivity (Wildman–Crippen MR) is 62.9 cm³/mol. The van der Waals surface area contributed by atoms with Crippen molar-refractivity contribution < 1.29 is 0 Å². The highest BCUT2D eigenvalue weighted by Crippen LogP contribution is 2.16. The number of nitrogens with zero attached hydrogens (tertiary/aromatic N) is 3. The molecule has 0 saturated carbocycles. The molecule has 0 amide bonds. The van der Waals surface area contributed by atoms with Gasteiger partial charge in [-0.3, -0.25) is 4.99 Å². The van der Waals surface area contributed by atoms with Crippen molar-refractivity contribution in [3.8, 4) is 6.07 Å². The Kier molecular flexibility index (Phi) is 5.06. The van der Waals surface area contributed by atoms with E-state index in [2.05, 4.69) is 42.1 Å². The van der Waals surface area contributed by atoms with E-state index in [1.165, 1.54) is 0 Å². The van der Waals surface area contributed by atoms with Crippen LogP contribution >= 0.6 is 0 Å². The molecular formula is C12H19N3. The summed E-state index contributed by atoms with van der Waals surface area (Å²) in [4.78, 5) is 6.57. The normalized spacial score (nSPS) is 21.6. The molecule has 0 spiro atoms. The van der Waals surface area contributed by atoms with Crippen molar-refractivity contribution in [3.63, 3.8) is 0 Å². The van der Waals surface area contributed by atoms with Gasteiger partial charge in [-0.2, -0.15) is 5.26 Å². The van der Waals surface area contributed by atoms with Crippen LogP contribution in [0.3, 0.4) is 0 Å². The summed E-state index contributed by atoms with van der Waals surface area (Å²) >= 11 is 0. The molecule has 0 fully saturated rings. The van der Waals surface area contributed by atoms with Gasteiger partial charge in [-0.1, -0.05) is 19.1 Å². The van der Waals surface area contributed by atoms with Crippen LogP contribution < -0.4 is 0 Å². The lowest BCUT2D eigenvalue weighted by Gasteiger charge is -2.20. The van der Waals surface area contributed by atoms with E-state index < -0.39 is 0 Å². The van der Waals surface area contributed by atoms with Crippen LogP contribution in [0, 0.1) is 17.2 Å². The van der Waals surface area contributed by atoms with E-state index in [-0.39, 0.29) is 12.0 Å². The monoisotopic (exact) mass is 205 g/mol. The zero-order chi connectivity index (χ0) is 11.1. The Morgan fingerprint density at radius 1 is 1.67 bits per heavy atom. The Hall–Kier alpha value is -1.14. The smallest absolute Gasteiger partial charge is 0.0834 e. The molecule has 3 nitrogen and oxygen atoms in total. The molecule has 1 rings (SSSR count). The van der Waals surface area contributed by atoms with Gasteiger partial charge in [-0.15, -0.1) is 0 Å². The second kappa shape index (κ2) is 6.36. The van der Waals surface area contributed by atoms with Crippen molar-refractivity contribution in [1.29, 1.82) is 5.26 Å². The van der Waals surface area contributed by atoms with E-state index >= 15 is 0 Å². The number of nitriles is 1. The quantitative estimate of drug-likeness (QED) is 0.643. The SMILES string of the molecule is CCN(C)CCC(C#N)C1C=CCC=N1. The molecule has 15 heavy (non-hydrogen) atoms. The molecule has 1 aliphatic heterocycles. The van der Waals surface area contributed by atoms with Crippen LogP contribution in [0.5, 0.6) is 0 Å². The van der Waals surface area contributed by atoms with E-state index in [1.807, 2.05) is 6.21 Å². The summed E-state index contributed by atoms with van der Waals surface area (Å²) in [6.07, 6.45) is 7.85. The van der Waals surface area contributed by atoms with Crippen molar-refractivity contribution in [2.45, 2.75) is 25.8 Å². The van der Waals surface area contributed by atoms with Gasteiger partial charge in [0, 0.05) is 12.6 Å². The lowest BCUT2D eigenvalue weighted by atomic mass is 9.96. The summed E-state index contributed by atoms with van der Waals surface area (Å²) in [7, 11) is 2.08. The summed E-state index contributed by atoms with van der Waals surface area (Å²) in [5.41, 5.74) is 0. The average molecular weight is 205 g/mol. The van der Waals surface area contributed by atoms with Crippen LogP contribution in [0.1, 0.15) is 19.8 Å². The highest BCUT2D eigenvalue weighted by atomic mass is 15.1. The topological polar surface area (TPSA) is 39.4 Å². The molecule has 0 aromatic heterocycles. The third-order valence-corrected chi connectivity index (χ3v) is 2.79. The van der Waals surface area contributed by atoms with E-state index in [0.717, 1.165) is 25.9 Å². The molecule has 2 atom stereocenters. The predicted octanol–water partition coefficient (Wildman–Crippen LogP) is 1.87. The molecule has 2 unspecified atom stereocenters. The van der Waals surface area contributed by atoms with Gasteiger partial charge in [0.15, 0.2) is 0 Å². The molecule has 1 aliphatic rings. The van der Waals surface area contributed by atoms with Gasteiger partial charge in [0.1, 0.15) is 0 Å². The van der Waals surface area contributed by atoms with Crippen molar-refractivity contribution in [1.82, 2.24) is 4.90 Å². The van der Waals surface area contributed by atoms with E-state index in [4.69, 9.17) is 5.26 Å². The average Bonchev–Trinajstić information content (AvgIpc) is 2.31. The maximum absolute atomic E-state index is 9.09. The minimum Gasteiger partial charge on any atom is -0.307 e.